The summed E-state index contributed by atoms with van der Waals surface area (Å²) in [5.41, 5.74) is 6.35. The molecule has 0 bridgehead atoms. The molecule has 1 rings (SSSR count). The van der Waals surface area contributed by atoms with Crippen LogP contribution in [0.1, 0.15) is 10.4 Å². The Labute approximate surface area is 88.4 Å². The molecule has 78 valence electrons. The van der Waals surface area contributed by atoms with Gasteiger partial charge in [-0.15, -0.1) is 12.4 Å². The van der Waals surface area contributed by atoms with Crippen LogP contribution in [0.15, 0.2) is 12.1 Å². The van der Waals surface area contributed by atoms with E-state index >= 15 is 0 Å². The lowest BCUT2D eigenvalue weighted by Gasteiger charge is -2.10. The molecular formula is C9H12ClNO3. The number of ether oxygens (including phenoxy) is 2. The number of aldehydes is 1. The van der Waals surface area contributed by atoms with Crippen molar-refractivity contribution >= 4 is 24.4 Å². The molecule has 0 spiro atoms. The van der Waals surface area contributed by atoms with Gasteiger partial charge in [-0.05, 0) is 12.1 Å². The maximum Gasteiger partial charge on any atom is 0.184 e. The number of hydrogen-bond donors (Lipinski definition) is 1. The highest BCUT2D eigenvalue weighted by Gasteiger charge is 2.10. The van der Waals surface area contributed by atoms with E-state index in [0.29, 0.717) is 29.0 Å². The van der Waals surface area contributed by atoms with E-state index in [2.05, 4.69) is 0 Å². The molecule has 0 unspecified atom stereocenters. The van der Waals surface area contributed by atoms with Gasteiger partial charge in [-0.3, -0.25) is 4.79 Å². The summed E-state index contributed by atoms with van der Waals surface area (Å²) in [6.07, 6.45) is 0.678. The van der Waals surface area contributed by atoms with Crippen molar-refractivity contribution in [2.45, 2.75) is 0 Å². The van der Waals surface area contributed by atoms with Gasteiger partial charge in [0.15, 0.2) is 17.8 Å². The molecule has 0 saturated heterocycles. The van der Waals surface area contributed by atoms with Crippen LogP contribution in [0, 0.1) is 0 Å². The average Bonchev–Trinajstić information content (AvgIpc) is 2.17. The summed E-state index contributed by atoms with van der Waals surface area (Å²) < 4.78 is 10.00. The van der Waals surface area contributed by atoms with E-state index in [-0.39, 0.29) is 12.4 Å². The van der Waals surface area contributed by atoms with Crippen molar-refractivity contribution in [3.63, 3.8) is 0 Å². The third-order valence-electron chi connectivity index (χ3n) is 1.74. The van der Waals surface area contributed by atoms with Crippen LogP contribution >= 0.6 is 12.4 Å². The van der Waals surface area contributed by atoms with Crippen LogP contribution in [0.25, 0.3) is 0 Å². The van der Waals surface area contributed by atoms with Crippen molar-refractivity contribution in [3.05, 3.63) is 17.7 Å². The number of carbonyl (C=O) groups is 1. The first kappa shape index (κ1) is 12.6. The SMILES string of the molecule is COc1ccc(C=O)c(N)c1OC.Cl. The third kappa shape index (κ3) is 2.09. The number of nitrogens with two attached hydrogens (primary N) is 1. The highest BCUT2D eigenvalue weighted by Crippen LogP contribution is 2.34. The number of rotatable bonds is 3. The molecule has 0 aliphatic carbocycles. The summed E-state index contributed by atoms with van der Waals surface area (Å²) in [6.45, 7) is 0. The zero-order valence-corrected chi connectivity index (χ0v) is 8.76. The Morgan fingerprint density at radius 1 is 1.29 bits per heavy atom. The Kier molecular flexibility index (Phi) is 4.80. The fraction of sp³-hybridized carbons (Fsp3) is 0.222. The summed E-state index contributed by atoms with van der Waals surface area (Å²) in [5, 5.41) is 0. The van der Waals surface area contributed by atoms with Crippen molar-refractivity contribution in [1.82, 2.24) is 0 Å². The van der Waals surface area contributed by atoms with Crippen molar-refractivity contribution in [2.75, 3.05) is 20.0 Å². The standard InChI is InChI=1S/C9H11NO3.ClH/c1-12-7-4-3-6(5-11)8(10)9(7)13-2;/h3-5H,10H2,1-2H3;1H. The highest BCUT2D eigenvalue weighted by molar-refractivity contribution is 5.87. The Morgan fingerprint density at radius 2 is 1.93 bits per heavy atom. The van der Waals surface area contributed by atoms with Gasteiger partial charge in [0.05, 0.1) is 19.9 Å². The first-order valence-electron chi connectivity index (χ1n) is 3.70. The predicted octanol–water partition coefficient (Wildman–Crippen LogP) is 1.52. The lowest BCUT2D eigenvalue weighted by atomic mass is 10.1. The van der Waals surface area contributed by atoms with Gasteiger partial charge >= 0.3 is 0 Å². The van der Waals surface area contributed by atoms with E-state index in [4.69, 9.17) is 15.2 Å². The Hall–Kier alpha value is -1.42. The van der Waals surface area contributed by atoms with E-state index in [0.717, 1.165) is 0 Å². The minimum absolute atomic E-state index is 0. The second kappa shape index (κ2) is 5.34. The molecule has 14 heavy (non-hydrogen) atoms. The van der Waals surface area contributed by atoms with Gasteiger partial charge in [-0.2, -0.15) is 0 Å². The Balaban J connectivity index is 0.00000169. The van der Waals surface area contributed by atoms with Crippen LogP contribution < -0.4 is 15.2 Å². The van der Waals surface area contributed by atoms with Crippen LogP contribution in [-0.2, 0) is 0 Å². The Morgan fingerprint density at radius 3 is 2.36 bits per heavy atom. The lowest BCUT2D eigenvalue weighted by molar-refractivity contribution is 0.112. The molecule has 1 aromatic rings. The summed E-state index contributed by atoms with van der Waals surface area (Å²) in [4.78, 5) is 10.5. The molecule has 5 heteroatoms. The molecule has 1 aromatic carbocycles. The lowest BCUT2D eigenvalue weighted by Crippen LogP contribution is -1.99. The van der Waals surface area contributed by atoms with Crippen molar-refractivity contribution in [1.29, 1.82) is 0 Å². The van der Waals surface area contributed by atoms with Gasteiger partial charge in [0.25, 0.3) is 0 Å². The summed E-state index contributed by atoms with van der Waals surface area (Å²) in [5.74, 6) is 0.915. The molecule has 0 amide bonds. The molecule has 0 aromatic heterocycles. The van der Waals surface area contributed by atoms with Gasteiger partial charge in [0.2, 0.25) is 0 Å². The first-order valence-corrected chi connectivity index (χ1v) is 3.70. The van der Waals surface area contributed by atoms with Crippen molar-refractivity contribution < 1.29 is 14.3 Å². The predicted molar refractivity (Wildman–Crippen MR) is 56.6 cm³/mol. The Bertz CT molecular complexity index is 328. The summed E-state index contributed by atoms with van der Waals surface area (Å²) in [6, 6.07) is 3.22. The van der Waals surface area contributed by atoms with Crippen molar-refractivity contribution in [2.24, 2.45) is 0 Å². The average molecular weight is 218 g/mol. The number of hydrogen-bond acceptors (Lipinski definition) is 4. The zero-order chi connectivity index (χ0) is 9.84. The molecule has 0 aliphatic heterocycles. The van der Waals surface area contributed by atoms with E-state index in [1.165, 1.54) is 14.2 Å². The number of benzene rings is 1. The van der Waals surface area contributed by atoms with Crippen LogP contribution in [0.4, 0.5) is 5.69 Å². The number of nitrogen functional groups attached to an aromatic ring is 1. The third-order valence-corrected chi connectivity index (χ3v) is 1.74. The number of methoxy groups -OCH3 is 2. The zero-order valence-electron chi connectivity index (χ0n) is 7.94. The molecule has 2 N–H and O–H groups in total. The molecular weight excluding hydrogens is 206 g/mol. The first-order chi connectivity index (χ1) is 6.24. The normalized spacial score (nSPS) is 8.71. The van der Waals surface area contributed by atoms with Gasteiger partial charge in [0, 0.05) is 5.56 Å². The van der Waals surface area contributed by atoms with Gasteiger partial charge in [0.1, 0.15) is 0 Å². The number of anilines is 1. The number of halogens is 1. The molecule has 0 heterocycles. The smallest absolute Gasteiger partial charge is 0.184 e. The topological polar surface area (TPSA) is 61.5 Å². The van der Waals surface area contributed by atoms with Gasteiger partial charge in [-0.1, -0.05) is 0 Å². The van der Waals surface area contributed by atoms with E-state index < -0.39 is 0 Å². The summed E-state index contributed by atoms with van der Waals surface area (Å²) >= 11 is 0. The second-order valence-electron chi connectivity index (χ2n) is 2.42. The molecule has 0 radical (unpaired) electrons. The molecule has 0 fully saturated rings. The monoisotopic (exact) mass is 217 g/mol. The highest BCUT2D eigenvalue weighted by atomic mass is 35.5. The second-order valence-corrected chi connectivity index (χ2v) is 2.42. The van der Waals surface area contributed by atoms with E-state index in [9.17, 15) is 4.79 Å². The number of carbonyl (C=O) groups excluding carboxylic acids is 1. The van der Waals surface area contributed by atoms with Crippen LogP contribution in [-0.4, -0.2) is 20.5 Å². The fourth-order valence-corrected chi connectivity index (χ4v) is 1.07. The molecule has 4 nitrogen and oxygen atoms in total. The minimum Gasteiger partial charge on any atom is -0.493 e. The largest absolute Gasteiger partial charge is 0.493 e. The minimum atomic E-state index is 0. The summed E-state index contributed by atoms with van der Waals surface area (Å²) in [7, 11) is 2.99. The van der Waals surface area contributed by atoms with E-state index in [1.54, 1.807) is 12.1 Å². The molecule has 0 aliphatic rings. The molecule has 0 atom stereocenters. The maximum absolute atomic E-state index is 10.5. The maximum atomic E-state index is 10.5. The van der Waals surface area contributed by atoms with E-state index in [1.807, 2.05) is 0 Å². The van der Waals surface area contributed by atoms with Gasteiger partial charge in [-0.25, -0.2) is 0 Å². The quantitative estimate of drug-likeness (QED) is 0.616. The van der Waals surface area contributed by atoms with Gasteiger partial charge < -0.3 is 15.2 Å². The van der Waals surface area contributed by atoms with Crippen LogP contribution in [0.5, 0.6) is 11.5 Å². The van der Waals surface area contributed by atoms with Crippen LogP contribution in [0.3, 0.4) is 0 Å². The molecule has 0 saturated carbocycles. The van der Waals surface area contributed by atoms with Crippen molar-refractivity contribution in [3.8, 4) is 11.5 Å². The fourth-order valence-electron chi connectivity index (χ4n) is 1.07. The van der Waals surface area contributed by atoms with Crippen LogP contribution in [0.2, 0.25) is 0 Å².